The number of aliphatic hydroxyl groups is 1. The Kier molecular flexibility index (Phi) is 4.49. The lowest BCUT2D eigenvalue weighted by molar-refractivity contribution is -0.00118. The van der Waals surface area contributed by atoms with Gasteiger partial charge < -0.3 is 14.4 Å². The predicted molar refractivity (Wildman–Crippen MR) is 122 cm³/mol. The first-order valence-electron chi connectivity index (χ1n) is 10.5. The normalized spacial score (nSPS) is 18.8. The Morgan fingerprint density at radius 3 is 2.29 bits per heavy atom. The van der Waals surface area contributed by atoms with E-state index in [1.54, 1.807) is 7.11 Å². The summed E-state index contributed by atoms with van der Waals surface area (Å²) in [7, 11) is 1.67. The Morgan fingerprint density at radius 2 is 1.58 bits per heavy atom. The second-order valence-corrected chi connectivity index (χ2v) is 8.67. The van der Waals surface area contributed by atoms with Crippen molar-refractivity contribution in [1.29, 1.82) is 0 Å². The van der Waals surface area contributed by atoms with Crippen LogP contribution in [0.4, 0.5) is 0 Å². The standard InChI is InChI=1S/C27H26N2O2/c1-26(2)25-28-21(17-19-13-15-22(31-3)16-14-19)18-29(25)24-12-8-7-11-23(24)27(26,30)20-9-5-4-6-10-20/h4-16,18,30H,17H2,1-3H3. The van der Waals surface area contributed by atoms with Crippen LogP contribution in [0.5, 0.6) is 5.75 Å². The third-order valence-corrected chi connectivity index (χ3v) is 6.51. The molecular formula is C27H26N2O2. The topological polar surface area (TPSA) is 47.3 Å². The summed E-state index contributed by atoms with van der Waals surface area (Å²) in [5.74, 6) is 1.71. The van der Waals surface area contributed by atoms with Gasteiger partial charge in [0.1, 0.15) is 17.2 Å². The maximum atomic E-state index is 12.3. The van der Waals surface area contributed by atoms with E-state index in [4.69, 9.17) is 9.72 Å². The number of nitrogens with zero attached hydrogens (tertiary/aromatic N) is 2. The van der Waals surface area contributed by atoms with Gasteiger partial charge in [-0.1, -0.05) is 60.7 Å². The lowest BCUT2D eigenvalue weighted by Crippen LogP contribution is -2.50. The van der Waals surface area contributed by atoms with E-state index in [2.05, 4.69) is 42.8 Å². The van der Waals surface area contributed by atoms with Crippen LogP contribution in [0, 0.1) is 0 Å². The molecule has 0 fully saturated rings. The monoisotopic (exact) mass is 410 g/mol. The molecule has 0 saturated heterocycles. The molecule has 156 valence electrons. The van der Waals surface area contributed by atoms with E-state index in [0.717, 1.165) is 34.1 Å². The molecule has 0 aliphatic carbocycles. The second kappa shape index (κ2) is 7.10. The van der Waals surface area contributed by atoms with Gasteiger partial charge in [-0.25, -0.2) is 4.98 Å². The SMILES string of the molecule is COc1ccc(Cc2cn3c(n2)C(C)(C)C(O)(c2ccccc2)c2ccccc2-3)cc1. The fraction of sp³-hybridized carbons (Fsp3) is 0.222. The van der Waals surface area contributed by atoms with Crippen LogP contribution in [0.1, 0.15) is 42.1 Å². The molecule has 0 spiro atoms. The summed E-state index contributed by atoms with van der Waals surface area (Å²) in [4.78, 5) is 5.03. The van der Waals surface area contributed by atoms with Crippen LogP contribution in [-0.4, -0.2) is 21.8 Å². The second-order valence-electron chi connectivity index (χ2n) is 8.67. The Balaban J connectivity index is 1.65. The molecule has 0 bridgehead atoms. The Bertz CT molecular complexity index is 1230. The van der Waals surface area contributed by atoms with Crippen molar-refractivity contribution in [2.45, 2.75) is 31.3 Å². The molecule has 31 heavy (non-hydrogen) atoms. The lowest BCUT2D eigenvalue weighted by atomic mass is 9.64. The van der Waals surface area contributed by atoms with Gasteiger partial charge in [-0.15, -0.1) is 0 Å². The number of aromatic nitrogens is 2. The van der Waals surface area contributed by atoms with Crippen LogP contribution in [-0.2, 0) is 17.4 Å². The molecule has 4 nitrogen and oxygen atoms in total. The minimum atomic E-state index is -1.19. The molecule has 4 aromatic rings. The maximum Gasteiger partial charge on any atom is 0.129 e. The van der Waals surface area contributed by atoms with Crippen molar-refractivity contribution in [3.63, 3.8) is 0 Å². The first kappa shape index (κ1) is 19.6. The molecule has 5 rings (SSSR count). The highest BCUT2D eigenvalue weighted by molar-refractivity contribution is 5.57. The number of para-hydroxylation sites is 1. The van der Waals surface area contributed by atoms with Crippen LogP contribution < -0.4 is 4.74 Å². The predicted octanol–water partition coefficient (Wildman–Crippen LogP) is 5.00. The summed E-state index contributed by atoms with van der Waals surface area (Å²) in [6, 6.07) is 26.1. The molecule has 2 heterocycles. The summed E-state index contributed by atoms with van der Waals surface area (Å²) in [5, 5.41) is 12.3. The van der Waals surface area contributed by atoms with Gasteiger partial charge in [-0.2, -0.15) is 0 Å². The number of hydrogen-bond donors (Lipinski definition) is 1. The van der Waals surface area contributed by atoms with Crippen LogP contribution in [0.25, 0.3) is 5.69 Å². The average molecular weight is 411 g/mol. The van der Waals surface area contributed by atoms with Gasteiger partial charge in [0.2, 0.25) is 0 Å². The van der Waals surface area contributed by atoms with E-state index in [-0.39, 0.29) is 0 Å². The quantitative estimate of drug-likeness (QED) is 0.515. The van der Waals surface area contributed by atoms with E-state index in [1.807, 2.05) is 60.7 Å². The summed E-state index contributed by atoms with van der Waals surface area (Å²) in [6.07, 6.45) is 2.82. The van der Waals surface area contributed by atoms with Gasteiger partial charge in [-0.3, -0.25) is 0 Å². The Hall–Kier alpha value is -3.37. The molecule has 0 radical (unpaired) electrons. The summed E-state index contributed by atoms with van der Waals surface area (Å²) in [5.41, 5.74) is 3.05. The van der Waals surface area contributed by atoms with Crippen LogP contribution >= 0.6 is 0 Å². The van der Waals surface area contributed by atoms with Crippen molar-refractivity contribution < 1.29 is 9.84 Å². The zero-order valence-corrected chi connectivity index (χ0v) is 18.0. The van der Waals surface area contributed by atoms with Gasteiger partial charge in [0.15, 0.2) is 0 Å². The van der Waals surface area contributed by atoms with Gasteiger partial charge in [0.25, 0.3) is 0 Å². The largest absolute Gasteiger partial charge is 0.497 e. The smallest absolute Gasteiger partial charge is 0.129 e. The van der Waals surface area contributed by atoms with Crippen molar-refractivity contribution in [1.82, 2.24) is 9.55 Å². The molecule has 1 N–H and O–H groups in total. The number of hydrogen-bond acceptors (Lipinski definition) is 3. The van der Waals surface area contributed by atoms with E-state index in [0.29, 0.717) is 6.42 Å². The zero-order valence-electron chi connectivity index (χ0n) is 18.0. The molecule has 0 saturated carbocycles. The van der Waals surface area contributed by atoms with Crippen LogP contribution in [0.15, 0.2) is 85.1 Å². The lowest BCUT2D eigenvalue weighted by Gasteiger charge is -2.47. The number of methoxy groups -OCH3 is 1. The molecule has 4 heteroatoms. The van der Waals surface area contributed by atoms with Gasteiger partial charge in [0, 0.05) is 18.2 Å². The highest BCUT2D eigenvalue weighted by Crippen LogP contribution is 2.51. The number of ether oxygens (including phenoxy) is 1. The maximum absolute atomic E-state index is 12.3. The van der Waals surface area contributed by atoms with Crippen molar-refractivity contribution in [3.05, 3.63) is 113 Å². The van der Waals surface area contributed by atoms with E-state index in [1.165, 1.54) is 5.56 Å². The Labute approximate surface area is 182 Å². The molecule has 3 aromatic carbocycles. The highest BCUT2D eigenvalue weighted by Gasteiger charge is 2.54. The molecule has 1 aliphatic heterocycles. The van der Waals surface area contributed by atoms with Crippen molar-refractivity contribution >= 4 is 0 Å². The van der Waals surface area contributed by atoms with E-state index >= 15 is 0 Å². The summed E-state index contributed by atoms with van der Waals surface area (Å²) < 4.78 is 7.41. The minimum Gasteiger partial charge on any atom is -0.497 e. The number of imidazole rings is 1. The fourth-order valence-corrected chi connectivity index (χ4v) is 4.77. The molecular weight excluding hydrogens is 384 g/mol. The van der Waals surface area contributed by atoms with Crippen molar-refractivity contribution in [2.24, 2.45) is 0 Å². The fourth-order valence-electron chi connectivity index (χ4n) is 4.77. The highest BCUT2D eigenvalue weighted by atomic mass is 16.5. The first-order chi connectivity index (χ1) is 14.9. The molecule has 1 aliphatic rings. The van der Waals surface area contributed by atoms with Gasteiger partial charge in [0.05, 0.1) is 23.9 Å². The third kappa shape index (κ3) is 2.90. The molecule has 1 unspecified atom stereocenters. The van der Waals surface area contributed by atoms with Crippen LogP contribution in [0.2, 0.25) is 0 Å². The molecule has 1 atom stereocenters. The summed E-state index contributed by atoms with van der Waals surface area (Å²) >= 11 is 0. The third-order valence-electron chi connectivity index (χ3n) is 6.51. The molecule has 1 aromatic heterocycles. The van der Waals surface area contributed by atoms with E-state index in [9.17, 15) is 5.11 Å². The number of benzene rings is 3. The minimum absolute atomic E-state index is 0.638. The number of fused-ring (bicyclic) bond motifs is 3. The zero-order chi connectivity index (χ0) is 21.6. The van der Waals surface area contributed by atoms with E-state index < -0.39 is 11.0 Å². The average Bonchev–Trinajstić information content (AvgIpc) is 3.24. The summed E-state index contributed by atoms with van der Waals surface area (Å²) in [6.45, 7) is 4.15. The van der Waals surface area contributed by atoms with Gasteiger partial charge in [-0.05, 0) is 43.2 Å². The number of rotatable bonds is 4. The first-order valence-corrected chi connectivity index (χ1v) is 10.5. The van der Waals surface area contributed by atoms with Crippen molar-refractivity contribution in [2.75, 3.05) is 7.11 Å². The Morgan fingerprint density at radius 1 is 0.903 bits per heavy atom. The van der Waals surface area contributed by atoms with Gasteiger partial charge >= 0.3 is 0 Å². The van der Waals surface area contributed by atoms with Crippen LogP contribution in [0.3, 0.4) is 0 Å². The molecule has 0 amide bonds. The van der Waals surface area contributed by atoms with Crippen molar-refractivity contribution in [3.8, 4) is 11.4 Å².